The summed E-state index contributed by atoms with van der Waals surface area (Å²) >= 11 is 0. The van der Waals surface area contributed by atoms with E-state index < -0.39 is 6.10 Å². The van der Waals surface area contributed by atoms with Crippen molar-refractivity contribution < 1.29 is 5.11 Å². The zero-order valence-corrected chi connectivity index (χ0v) is 12.6. The summed E-state index contributed by atoms with van der Waals surface area (Å²) in [4.78, 5) is 0. The number of aliphatic hydroxyl groups excluding tert-OH is 1. The van der Waals surface area contributed by atoms with Crippen molar-refractivity contribution in [2.45, 2.75) is 45.1 Å². The zero-order valence-electron chi connectivity index (χ0n) is 12.6. The second-order valence-corrected chi connectivity index (χ2v) is 5.98. The van der Waals surface area contributed by atoms with Crippen LogP contribution in [0.15, 0.2) is 54.6 Å². The summed E-state index contributed by atoms with van der Waals surface area (Å²) in [5.74, 6) is 0. The summed E-state index contributed by atoms with van der Waals surface area (Å²) in [5, 5.41) is 10.7. The third kappa shape index (κ3) is 3.10. The van der Waals surface area contributed by atoms with Crippen LogP contribution in [0.4, 0.5) is 0 Å². The lowest BCUT2D eigenvalue weighted by atomic mass is 9.76. The van der Waals surface area contributed by atoms with Gasteiger partial charge < -0.3 is 5.11 Å². The third-order valence-electron chi connectivity index (χ3n) is 4.04. The molecule has 0 saturated carbocycles. The molecule has 2 aromatic rings. The molecule has 2 aromatic carbocycles. The van der Waals surface area contributed by atoms with Crippen molar-refractivity contribution in [3.63, 3.8) is 0 Å². The van der Waals surface area contributed by atoms with Crippen LogP contribution in [0.2, 0.25) is 0 Å². The van der Waals surface area contributed by atoms with E-state index >= 15 is 0 Å². The lowest BCUT2D eigenvalue weighted by Crippen LogP contribution is -2.26. The Labute approximate surface area is 122 Å². The van der Waals surface area contributed by atoms with Crippen LogP contribution in [0.5, 0.6) is 0 Å². The Kier molecular flexibility index (Phi) is 4.61. The maximum Gasteiger partial charge on any atom is 0.0881 e. The Morgan fingerprint density at radius 2 is 1.55 bits per heavy atom. The molecular formula is C19H24O. The Hall–Kier alpha value is -1.60. The number of benzene rings is 2. The summed E-state index contributed by atoms with van der Waals surface area (Å²) in [6, 6.07) is 18.6. The minimum absolute atomic E-state index is 0.298. The average Bonchev–Trinajstić information content (AvgIpc) is 2.48. The number of aliphatic hydroxyl groups is 1. The summed E-state index contributed by atoms with van der Waals surface area (Å²) in [7, 11) is 0. The van der Waals surface area contributed by atoms with Crippen molar-refractivity contribution in [2.75, 3.05) is 0 Å². The molecule has 0 saturated heterocycles. The van der Waals surface area contributed by atoms with Crippen molar-refractivity contribution in [3.8, 4) is 0 Å². The maximum atomic E-state index is 10.7. The Morgan fingerprint density at radius 3 is 2.10 bits per heavy atom. The zero-order chi connectivity index (χ0) is 14.6. The molecule has 0 amide bonds. The first-order valence-corrected chi connectivity index (χ1v) is 7.38. The van der Waals surface area contributed by atoms with Crippen molar-refractivity contribution in [1.82, 2.24) is 0 Å². The molecule has 2 rings (SSSR count). The summed E-state index contributed by atoms with van der Waals surface area (Å²) in [5.41, 5.74) is 3.18. The van der Waals surface area contributed by atoms with Gasteiger partial charge >= 0.3 is 0 Å². The van der Waals surface area contributed by atoms with Crippen molar-refractivity contribution in [3.05, 3.63) is 71.3 Å². The van der Waals surface area contributed by atoms with E-state index in [4.69, 9.17) is 0 Å². The van der Waals surface area contributed by atoms with Gasteiger partial charge in [0.15, 0.2) is 0 Å². The van der Waals surface area contributed by atoms with E-state index in [9.17, 15) is 5.11 Å². The molecule has 0 aromatic heterocycles. The van der Waals surface area contributed by atoms with Gasteiger partial charge in [-0.05, 0) is 23.1 Å². The first kappa shape index (κ1) is 14.8. The number of aryl methyl sites for hydroxylation is 1. The third-order valence-corrected chi connectivity index (χ3v) is 4.04. The molecular weight excluding hydrogens is 244 g/mol. The molecule has 0 fully saturated rings. The molecule has 1 N–H and O–H groups in total. The van der Waals surface area contributed by atoms with Gasteiger partial charge in [0.1, 0.15) is 0 Å². The normalized spacial score (nSPS) is 13.2. The van der Waals surface area contributed by atoms with Crippen LogP contribution in [-0.2, 0) is 11.8 Å². The molecule has 1 unspecified atom stereocenters. The number of hydrogen-bond donors (Lipinski definition) is 1. The van der Waals surface area contributed by atoms with Gasteiger partial charge in [-0.15, -0.1) is 0 Å². The summed E-state index contributed by atoms with van der Waals surface area (Å²) in [6.45, 7) is 6.36. The van der Waals surface area contributed by atoms with E-state index in [1.54, 1.807) is 0 Å². The Balaban J connectivity index is 2.23. The summed E-state index contributed by atoms with van der Waals surface area (Å²) < 4.78 is 0. The van der Waals surface area contributed by atoms with E-state index in [1.165, 1.54) is 5.56 Å². The lowest BCUT2D eigenvalue weighted by Gasteiger charge is -2.31. The average molecular weight is 268 g/mol. The topological polar surface area (TPSA) is 20.2 Å². The van der Waals surface area contributed by atoms with Gasteiger partial charge in [-0.2, -0.15) is 0 Å². The molecule has 1 atom stereocenters. The minimum atomic E-state index is -0.499. The molecule has 0 aliphatic carbocycles. The highest BCUT2D eigenvalue weighted by atomic mass is 16.3. The van der Waals surface area contributed by atoms with Crippen LogP contribution in [0.3, 0.4) is 0 Å². The van der Waals surface area contributed by atoms with Crippen LogP contribution in [0.25, 0.3) is 0 Å². The van der Waals surface area contributed by atoms with E-state index in [0.717, 1.165) is 24.0 Å². The second-order valence-electron chi connectivity index (χ2n) is 5.98. The highest BCUT2D eigenvalue weighted by molar-refractivity contribution is 5.32. The quantitative estimate of drug-likeness (QED) is 0.837. The van der Waals surface area contributed by atoms with Gasteiger partial charge in [0.05, 0.1) is 6.10 Å². The van der Waals surface area contributed by atoms with Gasteiger partial charge in [0, 0.05) is 5.41 Å². The predicted octanol–water partition coefficient (Wildman–Crippen LogP) is 4.65. The largest absolute Gasteiger partial charge is 0.388 e. The van der Waals surface area contributed by atoms with Crippen LogP contribution < -0.4 is 0 Å². The maximum absolute atomic E-state index is 10.7. The molecule has 0 radical (unpaired) electrons. The Bertz CT molecular complexity index is 525. The van der Waals surface area contributed by atoms with E-state index in [0.29, 0.717) is 0 Å². The van der Waals surface area contributed by atoms with Crippen LogP contribution in [0.1, 0.15) is 50.0 Å². The van der Waals surface area contributed by atoms with Gasteiger partial charge in [0.25, 0.3) is 0 Å². The molecule has 0 bridgehead atoms. The molecule has 1 heteroatoms. The van der Waals surface area contributed by atoms with E-state index in [1.807, 2.05) is 18.2 Å². The fourth-order valence-electron chi connectivity index (χ4n) is 2.60. The van der Waals surface area contributed by atoms with Crippen LogP contribution in [-0.4, -0.2) is 5.11 Å². The van der Waals surface area contributed by atoms with Gasteiger partial charge in [-0.25, -0.2) is 0 Å². The van der Waals surface area contributed by atoms with Gasteiger partial charge in [-0.3, -0.25) is 0 Å². The number of hydrogen-bond acceptors (Lipinski definition) is 1. The Morgan fingerprint density at radius 1 is 0.950 bits per heavy atom. The standard InChI is InChI=1S/C19H24O/c1-4-8-15-11-13-16(14-12-15)18(20)19(2,3)17-9-6-5-7-10-17/h5-7,9-14,18,20H,4,8H2,1-3H3. The fraction of sp³-hybridized carbons (Fsp3) is 0.368. The molecule has 1 nitrogen and oxygen atoms in total. The minimum Gasteiger partial charge on any atom is -0.388 e. The fourth-order valence-corrected chi connectivity index (χ4v) is 2.60. The molecule has 0 heterocycles. The molecule has 20 heavy (non-hydrogen) atoms. The molecule has 0 aliphatic heterocycles. The molecule has 0 aliphatic rings. The SMILES string of the molecule is CCCc1ccc(C(O)C(C)(C)c2ccccc2)cc1. The van der Waals surface area contributed by atoms with Crippen molar-refractivity contribution >= 4 is 0 Å². The monoisotopic (exact) mass is 268 g/mol. The van der Waals surface area contributed by atoms with Crippen molar-refractivity contribution in [2.24, 2.45) is 0 Å². The molecule has 106 valence electrons. The number of rotatable bonds is 5. The second kappa shape index (κ2) is 6.23. The highest BCUT2D eigenvalue weighted by Crippen LogP contribution is 2.36. The van der Waals surface area contributed by atoms with E-state index in [2.05, 4.69) is 57.2 Å². The van der Waals surface area contributed by atoms with Crippen LogP contribution >= 0.6 is 0 Å². The predicted molar refractivity (Wildman–Crippen MR) is 84.9 cm³/mol. The lowest BCUT2D eigenvalue weighted by molar-refractivity contribution is 0.100. The van der Waals surface area contributed by atoms with Crippen LogP contribution in [0, 0.1) is 0 Å². The van der Waals surface area contributed by atoms with Gasteiger partial charge in [-0.1, -0.05) is 81.8 Å². The van der Waals surface area contributed by atoms with E-state index in [-0.39, 0.29) is 5.41 Å². The van der Waals surface area contributed by atoms with Gasteiger partial charge in [0.2, 0.25) is 0 Å². The smallest absolute Gasteiger partial charge is 0.0881 e. The molecule has 0 spiro atoms. The highest BCUT2D eigenvalue weighted by Gasteiger charge is 2.30. The first-order valence-electron chi connectivity index (χ1n) is 7.38. The summed E-state index contributed by atoms with van der Waals surface area (Å²) in [6.07, 6.45) is 1.75. The van der Waals surface area contributed by atoms with Crippen molar-refractivity contribution in [1.29, 1.82) is 0 Å². The first-order chi connectivity index (χ1) is 9.55.